The number of hydrogen-bond donors (Lipinski definition) is 1. The Morgan fingerprint density at radius 1 is 1.16 bits per heavy atom. The van der Waals surface area contributed by atoms with Crippen molar-refractivity contribution in [1.29, 1.82) is 0 Å². The zero-order valence-corrected chi connectivity index (χ0v) is 15.2. The molecule has 0 unspecified atom stereocenters. The molecule has 2 aromatic rings. The van der Waals surface area contributed by atoms with Gasteiger partial charge in [-0.2, -0.15) is 0 Å². The molecule has 1 N–H and O–H groups in total. The van der Waals surface area contributed by atoms with Crippen molar-refractivity contribution in [3.63, 3.8) is 0 Å². The first kappa shape index (κ1) is 19.0. The normalized spacial score (nSPS) is 11.4. The van der Waals surface area contributed by atoms with Gasteiger partial charge in [0.15, 0.2) is 0 Å². The van der Waals surface area contributed by atoms with E-state index in [0.717, 1.165) is 22.8 Å². The highest BCUT2D eigenvalue weighted by molar-refractivity contribution is 7.94. The fourth-order valence-corrected chi connectivity index (χ4v) is 3.60. The lowest BCUT2D eigenvalue weighted by atomic mass is 10.1. The number of methoxy groups -OCH3 is 1. The Hall–Kier alpha value is -2.31. The van der Waals surface area contributed by atoms with Crippen molar-refractivity contribution in [1.82, 2.24) is 5.32 Å². The molecule has 25 heavy (non-hydrogen) atoms. The number of ether oxygens (including phenoxy) is 1. The van der Waals surface area contributed by atoms with Gasteiger partial charge in [0.25, 0.3) is 0 Å². The minimum atomic E-state index is -3.76. The van der Waals surface area contributed by atoms with Crippen LogP contribution in [0.4, 0.5) is 0 Å². The Labute approximate surface area is 152 Å². The van der Waals surface area contributed by atoms with Gasteiger partial charge in [0.05, 0.1) is 17.0 Å². The Kier molecular flexibility index (Phi) is 6.61. The van der Waals surface area contributed by atoms with Crippen LogP contribution in [-0.4, -0.2) is 28.0 Å². The standard InChI is InChI=1S/C18H18ClNO4S/c1-24-15-8-6-14(7-9-15)10-12-20-18(21)11-13-25(22,23)17-5-3-2-4-16(17)19/h2-9,11,13H,10,12H2,1H3,(H,20,21)/b13-11+. The molecule has 0 aliphatic rings. The predicted octanol–water partition coefficient (Wildman–Crippen LogP) is 2.99. The van der Waals surface area contributed by atoms with Crippen molar-refractivity contribution in [3.05, 3.63) is 70.6 Å². The molecule has 0 saturated carbocycles. The summed E-state index contributed by atoms with van der Waals surface area (Å²) in [5.74, 6) is 0.282. The summed E-state index contributed by atoms with van der Waals surface area (Å²) in [6, 6.07) is 13.6. The summed E-state index contributed by atoms with van der Waals surface area (Å²) >= 11 is 5.87. The molecule has 2 aromatic carbocycles. The smallest absolute Gasteiger partial charge is 0.244 e. The van der Waals surface area contributed by atoms with Crippen molar-refractivity contribution in [2.24, 2.45) is 0 Å². The van der Waals surface area contributed by atoms with E-state index in [1.54, 1.807) is 19.2 Å². The fraction of sp³-hybridized carbons (Fsp3) is 0.167. The van der Waals surface area contributed by atoms with E-state index < -0.39 is 15.7 Å². The molecule has 0 radical (unpaired) electrons. The van der Waals surface area contributed by atoms with Crippen molar-refractivity contribution in [3.8, 4) is 5.75 Å². The van der Waals surface area contributed by atoms with E-state index in [1.165, 1.54) is 12.1 Å². The second-order valence-electron chi connectivity index (χ2n) is 5.17. The summed E-state index contributed by atoms with van der Waals surface area (Å²) in [5.41, 5.74) is 1.04. The number of rotatable bonds is 7. The van der Waals surface area contributed by atoms with Crippen LogP contribution >= 0.6 is 11.6 Å². The van der Waals surface area contributed by atoms with Crippen LogP contribution in [0.3, 0.4) is 0 Å². The monoisotopic (exact) mass is 379 g/mol. The first-order valence-corrected chi connectivity index (χ1v) is 9.43. The quantitative estimate of drug-likeness (QED) is 0.750. The summed E-state index contributed by atoms with van der Waals surface area (Å²) in [6.07, 6.45) is 1.62. The minimum absolute atomic E-state index is 0.0288. The lowest BCUT2D eigenvalue weighted by molar-refractivity contribution is -0.116. The van der Waals surface area contributed by atoms with Crippen molar-refractivity contribution in [2.75, 3.05) is 13.7 Å². The Morgan fingerprint density at radius 3 is 2.48 bits per heavy atom. The molecule has 5 nitrogen and oxygen atoms in total. The van der Waals surface area contributed by atoms with Crippen LogP contribution in [0.25, 0.3) is 0 Å². The summed E-state index contributed by atoms with van der Waals surface area (Å²) < 4.78 is 29.4. The molecule has 0 saturated heterocycles. The summed E-state index contributed by atoms with van der Waals surface area (Å²) in [7, 11) is -2.16. The molecular formula is C18H18ClNO4S. The lowest BCUT2D eigenvalue weighted by Gasteiger charge is -2.05. The van der Waals surface area contributed by atoms with E-state index in [2.05, 4.69) is 5.32 Å². The molecule has 0 spiro atoms. The van der Waals surface area contributed by atoms with Crippen LogP contribution < -0.4 is 10.1 Å². The van der Waals surface area contributed by atoms with Gasteiger partial charge in [-0.1, -0.05) is 35.9 Å². The highest BCUT2D eigenvalue weighted by atomic mass is 35.5. The third-order valence-corrected chi connectivity index (χ3v) is 5.32. The zero-order valence-electron chi connectivity index (χ0n) is 13.6. The van der Waals surface area contributed by atoms with Crippen LogP contribution in [-0.2, 0) is 21.1 Å². The van der Waals surface area contributed by atoms with Crippen molar-refractivity contribution >= 4 is 27.3 Å². The van der Waals surface area contributed by atoms with Gasteiger partial charge in [-0.15, -0.1) is 0 Å². The first-order chi connectivity index (χ1) is 11.9. The molecule has 0 aliphatic carbocycles. The summed E-state index contributed by atoms with van der Waals surface area (Å²) in [4.78, 5) is 11.8. The first-order valence-electron chi connectivity index (χ1n) is 7.51. The highest BCUT2D eigenvalue weighted by Gasteiger charge is 2.14. The van der Waals surface area contributed by atoms with Gasteiger partial charge < -0.3 is 10.1 Å². The van der Waals surface area contributed by atoms with Crippen LogP contribution in [0.15, 0.2) is 64.9 Å². The van der Waals surface area contributed by atoms with Gasteiger partial charge in [-0.25, -0.2) is 8.42 Å². The molecule has 0 heterocycles. The molecule has 0 fully saturated rings. The van der Waals surface area contributed by atoms with Crippen molar-refractivity contribution < 1.29 is 17.9 Å². The second kappa shape index (κ2) is 8.69. The van der Waals surface area contributed by atoms with Crippen molar-refractivity contribution in [2.45, 2.75) is 11.3 Å². The Balaban J connectivity index is 1.89. The molecule has 1 amide bonds. The molecule has 0 atom stereocenters. The average Bonchev–Trinajstić information content (AvgIpc) is 2.61. The minimum Gasteiger partial charge on any atom is -0.497 e. The molecule has 7 heteroatoms. The number of carbonyl (C=O) groups excluding carboxylic acids is 1. The number of nitrogens with one attached hydrogen (secondary N) is 1. The van der Waals surface area contributed by atoms with Gasteiger partial charge >= 0.3 is 0 Å². The van der Waals surface area contributed by atoms with Gasteiger partial charge in [0, 0.05) is 18.0 Å². The van der Waals surface area contributed by atoms with E-state index in [9.17, 15) is 13.2 Å². The fourth-order valence-electron chi connectivity index (χ4n) is 2.08. The second-order valence-corrected chi connectivity index (χ2v) is 7.38. The largest absolute Gasteiger partial charge is 0.497 e. The molecule has 0 bridgehead atoms. The number of hydrogen-bond acceptors (Lipinski definition) is 4. The SMILES string of the molecule is COc1ccc(CCNC(=O)/C=C/S(=O)(=O)c2ccccc2Cl)cc1. The highest BCUT2D eigenvalue weighted by Crippen LogP contribution is 2.22. The van der Waals surface area contributed by atoms with Gasteiger partial charge in [0.2, 0.25) is 15.7 Å². The maximum atomic E-state index is 12.2. The Bertz CT molecular complexity index is 861. The topological polar surface area (TPSA) is 72.5 Å². The third-order valence-electron chi connectivity index (χ3n) is 3.41. The van der Waals surface area contributed by atoms with Crippen LogP contribution in [0.5, 0.6) is 5.75 Å². The van der Waals surface area contributed by atoms with E-state index >= 15 is 0 Å². The number of carbonyl (C=O) groups is 1. The molecule has 0 aromatic heterocycles. The molecule has 0 aliphatic heterocycles. The Morgan fingerprint density at radius 2 is 1.84 bits per heavy atom. The van der Waals surface area contributed by atoms with E-state index in [0.29, 0.717) is 13.0 Å². The lowest BCUT2D eigenvalue weighted by Crippen LogP contribution is -2.23. The molecular weight excluding hydrogens is 362 g/mol. The summed E-state index contributed by atoms with van der Waals surface area (Å²) in [5, 5.41) is 3.62. The summed E-state index contributed by atoms with van der Waals surface area (Å²) in [6.45, 7) is 0.391. The number of sulfone groups is 1. The number of halogens is 1. The van der Waals surface area contributed by atoms with Gasteiger partial charge in [-0.05, 0) is 36.2 Å². The number of amides is 1. The molecule has 2 rings (SSSR count). The van der Waals surface area contributed by atoms with Crippen LogP contribution in [0.1, 0.15) is 5.56 Å². The van der Waals surface area contributed by atoms with Crippen LogP contribution in [0, 0.1) is 0 Å². The average molecular weight is 380 g/mol. The van der Waals surface area contributed by atoms with E-state index in [-0.39, 0.29) is 9.92 Å². The number of benzene rings is 2. The third kappa shape index (κ3) is 5.62. The van der Waals surface area contributed by atoms with Gasteiger partial charge in [-0.3, -0.25) is 4.79 Å². The maximum absolute atomic E-state index is 12.2. The van der Waals surface area contributed by atoms with Gasteiger partial charge in [0.1, 0.15) is 5.75 Å². The van der Waals surface area contributed by atoms with E-state index in [1.807, 2.05) is 24.3 Å². The van der Waals surface area contributed by atoms with E-state index in [4.69, 9.17) is 16.3 Å². The predicted molar refractivity (Wildman–Crippen MR) is 97.5 cm³/mol. The maximum Gasteiger partial charge on any atom is 0.244 e. The molecule has 132 valence electrons. The zero-order chi connectivity index (χ0) is 18.3. The van der Waals surface area contributed by atoms with Crippen LogP contribution in [0.2, 0.25) is 5.02 Å².